The van der Waals surface area contributed by atoms with Crippen molar-refractivity contribution in [1.82, 2.24) is 5.32 Å². The number of alkyl halides is 3. The van der Waals surface area contributed by atoms with E-state index < -0.39 is 90.5 Å². The molecule has 18 heteroatoms. The Bertz CT molecular complexity index is 1790. The lowest BCUT2D eigenvalue weighted by molar-refractivity contribution is -0.361. The quantitative estimate of drug-likeness (QED) is 0.0308. The van der Waals surface area contributed by atoms with E-state index in [2.05, 4.69) is 5.32 Å². The van der Waals surface area contributed by atoms with Gasteiger partial charge >= 0.3 is 18.0 Å². The van der Waals surface area contributed by atoms with Gasteiger partial charge < -0.3 is 58.8 Å². The minimum Gasteiger partial charge on any atom is -0.459 e. The molecule has 0 spiro atoms. The number of hydrogen-bond acceptors (Lipinski definition) is 14. The smallest absolute Gasteiger partial charge is 0.407 e. The van der Waals surface area contributed by atoms with Crippen molar-refractivity contribution in [1.29, 1.82) is 0 Å². The molecule has 2 saturated heterocycles. The molecule has 4 N–H and O–H groups in total. The Balaban J connectivity index is 1.46. The number of hydrogen-bond donors (Lipinski definition) is 3. The molecule has 3 aromatic carbocycles. The number of halogens is 3. The average molecular weight is 896 g/mol. The summed E-state index contributed by atoms with van der Waals surface area (Å²) in [5, 5.41) is 13.6. The van der Waals surface area contributed by atoms with Gasteiger partial charge in [0.1, 0.15) is 43.7 Å². The summed E-state index contributed by atoms with van der Waals surface area (Å²) in [4.78, 5) is 39.4. The van der Waals surface area contributed by atoms with Gasteiger partial charge in [-0.3, -0.25) is 0 Å². The van der Waals surface area contributed by atoms with Crippen molar-refractivity contribution in [3.63, 3.8) is 0 Å². The number of esters is 2. The van der Waals surface area contributed by atoms with E-state index >= 15 is 0 Å². The lowest BCUT2D eigenvalue weighted by Gasteiger charge is -2.49. The maximum absolute atomic E-state index is 13.5. The van der Waals surface area contributed by atoms with Gasteiger partial charge in [-0.15, -0.1) is 0 Å². The van der Waals surface area contributed by atoms with Crippen LogP contribution in [0.15, 0.2) is 103 Å². The third-order valence-electron chi connectivity index (χ3n) is 9.15. The SMILES string of the molecule is COC(OC1C(NC(=O)OCC(Cl)(Cl)Cl)C(OCCCCCN)OC2COC(c3ccccc3)OC21)[C@H](/C=C/[C@H](O)COC(=O)c1ccccc1)OC(=O)c1ccccc1. The first-order valence-electron chi connectivity index (χ1n) is 19.3. The molecule has 15 nitrogen and oxygen atoms in total. The summed E-state index contributed by atoms with van der Waals surface area (Å²) in [5.41, 5.74) is 6.90. The molecule has 2 heterocycles. The zero-order valence-corrected chi connectivity index (χ0v) is 35.0. The summed E-state index contributed by atoms with van der Waals surface area (Å²) in [6.45, 7) is -0.266. The van der Waals surface area contributed by atoms with Crippen LogP contribution in [0, 0.1) is 0 Å². The number of unbranched alkanes of at least 4 members (excludes halogenated alkanes) is 2. The third-order valence-corrected chi connectivity index (χ3v) is 9.48. The highest BCUT2D eigenvalue weighted by molar-refractivity contribution is 6.67. The molecule has 2 fully saturated rings. The predicted octanol–water partition coefficient (Wildman–Crippen LogP) is 5.79. The summed E-state index contributed by atoms with van der Waals surface area (Å²) in [5.74, 6) is -1.39. The molecular weight excluding hydrogens is 847 g/mol. The highest BCUT2D eigenvalue weighted by Gasteiger charge is 2.53. The topological polar surface area (TPSA) is 193 Å². The van der Waals surface area contributed by atoms with Crippen LogP contribution in [0.25, 0.3) is 0 Å². The van der Waals surface area contributed by atoms with E-state index in [9.17, 15) is 19.5 Å². The molecule has 7 unspecified atom stereocenters. The lowest BCUT2D eigenvalue weighted by Crippen LogP contribution is -2.68. The number of nitrogens with two attached hydrogens (primary N) is 1. The largest absolute Gasteiger partial charge is 0.459 e. The van der Waals surface area contributed by atoms with E-state index in [1.807, 2.05) is 30.3 Å². The second-order valence-corrected chi connectivity index (χ2v) is 16.2. The van der Waals surface area contributed by atoms with Crippen LogP contribution < -0.4 is 11.1 Å². The van der Waals surface area contributed by atoms with E-state index in [4.69, 9.17) is 83.2 Å². The number of carbonyl (C=O) groups is 3. The number of aliphatic hydroxyl groups excluding tert-OH is 1. The molecule has 5 rings (SSSR count). The number of amides is 1. The Kier molecular flexibility index (Phi) is 18.9. The molecule has 0 aromatic heterocycles. The lowest BCUT2D eigenvalue weighted by atomic mass is 9.95. The fraction of sp³-hybridized carbons (Fsp3) is 0.452. The van der Waals surface area contributed by atoms with Crippen molar-refractivity contribution >= 4 is 52.8 Å². The van der Waals surface area contributed by atoms with Crippen LogP contribution >= 0.6 is 34.8 Å². The number of fused-ring (bicyclic) bond motifs is 1. The maximum Gasteiger partial charge on any atom is 0.407 e. The number of benzene rings is 3. The van der Waals surface area contributed by atoms with E-state index in [0.29, 0.717) is 24.1 Å². The van der Waals surface area contributed by atoms with E-state index in [1.54, 1.807) is 60.7 Å². The molecule has 9 atom stereocenters. The molecular formula is C42H49Cl3N2O13. The predicted molar refractivity (Wildman–Crippen MR) is 219 cm³/mol. The highest BCUT2D eigenvalue weighted by atomic mass is 35.6. The molecule has 1 amide bonds. The van der Waals surface area contributed by atoms with Crippen molar-refractivity contribution in [2.45, 2.75) is 78.5 Å². The molecule has 3 aromatic rings. The Morgan fingerprint density at radius 2 is 1.53 bits per heavy atom. The first-order chi connectivity index (χ1) is 29.0. The molecule has 0 saturated carbocycles. The number of aliphatic hydroxyl groups is 1. The molecule has 2 aliphatic heterocycles. The fourth-order valence-corrected chi connectivity index (χ4v) is 6.41. The number of ether oxygens (including phenoxy) is 9. The minimum atomic E-state index is -1.92. The van der Waals surface area contributed by atoms with Crippen LogP contribution in [0.4, 0.5) is 4.79 Å². The second kappa shape index (κ2) is 24.0. The van der Waals surface area contributed by atoms with Crippen LogP contribution in [0.1, 0.15) is 51.8 Å². The minimum absolute atomic E-state index is 0.0272. The van der Waals surface area contributed by atoms with Crippen molar-refractivity contribution in [3.8, 4) is 0 Å². The van der Waals surface area contributed by atoms with Gasteiger partial charge in [0.25, 0.3) is 0 Å². The van der Waals surface area contributed by atoms with Gasteiger partial charge in [0, 0.05) is 19.3 Å². The molecule has 0 aliphatic carbocycles. The molecule has 2 aliphatic rings. The Labute approximate surface area is 363 Å². The van der Waals surface area contributed by atoms with Crippen LogP contribution in [-0.4, -0.2) is 116 Å². The number of rotatable bonds is 20. The first-order valence-corrected chi connectivity index (χ1v) is 20.4. The Hall–Kier alpha value is -3.84. The zero-order chi connectivity index (χ0) is 42.9. The fourth-order valence-electron chi connectivity index (χ4n) is 6.24. The van der Waals surface area contributed by atoms with Gasteiger partial charge in [-0.05, 0) is 56.1 Å². The zero-order valence-electron chi connectivity index (χ0n) is 32.7. The molecule has 326 valence electrons. The second-order valence-electron chi connectivity index (χ2n) is 13.7. The van der Waals surface area contributed by atoms with E-state index in [0.717, 1.165) is 12.8 Å². The molecule has 60 heavy (non-hydrogen) atoms. The van der Waals surface area contributed by atoms with Gasteiger partial charge in [-0.1, -0.05) is 108 Å². The van der Waals surface area contributed by atoms with Crippen LogP contribution in [0.2, 0.25) is 0 Å². The van der Waals surface area contributed by atoms with Gasteiger partial charge in [-0.2, -0.15) is 0 Å². The van der Waals surface area contributed by atoms with E-state index in [1.165, 1.54) is 19.3 Å². The third kappa shape index (κ3) is 14.7. The summed E-state index contributed by atoms with van der Waals surface area (Å²) in [6.07, 6.45) is -5.39. The van der Waals surface area contributed by atoms with Crippen molar-refractivity contribution in [2.75, 3.05) is 40.1 Å². The molecule has 0 bridgehead atoms. The van der Waals surface area contributed by atoms with Crippen molar-refractivity contribution in [3.05, 3.63) is 120 Å². The highest BCUT2D eigenvalue weighted by Crippen LogP contribution is 2.37. The van der Waals surface area contributed by atoms with Gasteiger partial charge in [0.15, 0.2) is 25.0 Å². The summed E-state index contributed by atoms with van der Waals surface area (Å²) in [6, 6.07) is 24.4. The summed E-state index contributed by atoms with van der Waals surface area (Å²) >= 11 is 17.6. The Morgan fingerprint density at radius 1 is 0.883 bits per heavy atom. The van der Waals surface area contributed by atoms with Crippen LogP contribution in [-0.2, 0) is 42.6 Å². The standard InChI is InChI=1S/C42H49Cl3N2O13/c1-52-39(31(57-37(50)28-16-8-3-9-17-28)21-20-30(48)24-54-36(49)27-14-6-2-7-15-27)60-35-33(47-41(51)56-26-42(43,44)45)40(53-23-13-5-12-22-46)58-32-25-55-38(59-34(32)35)29-18-10-4-11-19-29/h2-4,6-11,14-21,30-35,38-40,48H,5,12-13,22-26,46H2,1H3,(H,47,51)/b21-20+/t30-,31-,32?,33?,34?,35?,38?,39?,40?/m0/s1. The Morgan fingerprint density at radius 3 is 2.17 bits per heavy atom. The molecule has 0 radical (unpaired) electrons. The summed E-state index contributed by atoms with van der Waals surface area (Å²) < 4.78 is 52.3. The van der Waals surface area contributed by atoms with Gasteiger partial charge in [-0.25, -0.2) is 14.4 Å². The van der Waals surface area contributed by atoms with Crippen LogP contribution in [0.3, 0.4) is 0 Å². The van der Waals surface area contributed by atoms with Gasteiger partial charge in [0.05, 0.1) is 17.7 Å². The summed E-state index contributed by atoms with van der Waals surface area (Å²) in [7, 11) is 1.32. The van der Waals surface area contributed by atoms with Gasteiger partial charge in [0.2, 0.25) is 3.79 Å². The van der Waals surface area contributed by atoms with E-state index in [-0.39, 0.29) is 18.8 Å². The van der Waals surface area contributed by atoms with Crippen LogP contribution in [0.5, 0.6) is 0 Å². The monoisotopic (exact) mass is 894 g/mol. The van der Waals surface area contributed by atoms with Crippen molar-refractivity contribution < 1.29 is 62.1 Å². The average Bonchev–Trinajstić information content (AvgIpc) is 3.26. The first kappa shape index (κ1) is 47.2. The number of methoxy groups -OCH3 is 1. The normalized spacial score (nSPS) is 23.2. The number of alkyl carbamates (subject to hydrolysis) is 1. The maximum atomic E-state index is 13.5. The van der Waals surface area contributed by atoms with Crippen molar-refractivity contribution in [2.24, 2.45) is 5.73 Å². The number of carbonyl (C=O) groups excluding carboxylic acids is 3. The number of nitrogens with one attached hydrogen (secondary N) is 1.